The van der Waals surface area contributed by atoms with Gasteiger partial charge in [0, 0.05) is 19.8 Å². The Bertz CT molecular complexity index is 1290. The summed E-state index contributed by atoms with van der Waals surface area (Å²) < 4.78 is 39.5. The molecule has 172 valence electrons. The van der Waals surface area contributed by atoms with Gasteiger partial charge in [-0.25, -0.2) is 19.8 Å². The van der Waals surface area contributed by atoms with Crippen molar-refractivity contribution >= 4 is 41.0 Å². The predicted octanol–water partition coefficient (Wildman–Crippen LogP) is 1.73. The Morgan fingerprint density at radius 1 is 1.18 bits per heavy atom. The number of fused-ring (bicyclic) bond motifs is 1. The van der Waals surface area contributed by atoms with Gasteiger partial charge in [0.15, 0.2) is 11.2 Å². The number of carboxylic acid groups (broad SMARTS) is 1. The summed E-state index contributed by atoms with van der Waals surface area (Å²) in [4.78, 5) is 55.6. The Balaban J connectivity index is 1.99. The highest BCUT2D eigenvalue weighted by atomic mass is 19.4. The number of carbonyl (C=O) groups excluding carboxylic acids is 1. The molecule has 0 aliphatic carbocycles. The maximum Gasteiger partial charge on any atom is 0.471 e. The number of rotatable bonds is 6. The fourth-order valence-corrected chi connectivity index (χ4v) is 2.63. The normalized spacial score (nSPS) is 11.7. The first-order valence-electron chi connectivity index (χ1n) is 9.14. The fraction of sp³-hybridized carbons (Fsp3) is 0.211. The van der Waals surface area contributed by atoms with Gasteiger partial charge in [0.2, 0.25) is 5.95 Å². The molecule has 33 heavy (non-hydrogen) atoms. The van der Waals surface area contributed by atoms with Gasteiger partial charge in [-0.1, -0.05) is 0 Å². The van der Waals surface area contributed by atoms with Crippen LogP contribution in [0.1, 0.15) is 16.1 Å². The monoisotopic (exact) mass is 463 g/mol. The van der Waals surface area contributed by atoms with Crippen molar-refractivity contribution in [2.75, 3.05) is 19.0 Å². The van der Waals surface area contributed by atoms with Crippen molar-refractivity contribution in [2.45, 2.75) is 12.7 Å². The number of nitrogens with zero attached hydrogens (tertiary/aromatic N) is 6. The summed E-state index contributed by atoms with van der Waals surface area (Å²) in [6.07, 6.45) is -2.74. The molecule has 0 saturated carbocycles. The van der Waals surface area contributed by atoms with Gasteiger partial charge in [0.1, 0.15) is 0 Å². The Morgan fingerprint density at radius 2 is 1.85 bits per heavy atom. The Morgan fingerprint density at radius 3 is 2.42 bits per heavy atom. The van der Waals surface area contributed by atoms with Crippen LogP contribution < -0.4 is 10.5 Å². The van der Waals surface area contributed by atoms with E-state index in [-0.39, 0.29) is 34.1 Å². The molecule has 0 atom stereocenters. The molecule has 0 spiro atoms. The van der Waals surface area contributed by atoms with E-state index in [4.69, 9.17) is 5.11 Å². The van der Waals surface area contributed by atoms with Gasteiger partial charge >= 0.3 is 18.1 Å². The van der Waals surface area contributed by atoms with Crippen LogP contribution in [0.25, 0.3) is 11.2 Å². The van der Waals surface area contributed by atoms with Gasteiger partial charge < -0.3 is 10.0 Å². The van der Waals surface area contributed by atoms with Crippen molar-refractivity contribution in [1.29, 1.82) is 0 Å². The maximum atomic E-state index is 13.2. The summed E-state index contributed by atoms with van der Waals surface area (Å²) in [7, 11) is 3.41. The molecule has 0 unspecified atom stereocenters. The van der Waals surface area contributed by atoms with E-state index in [0.29, 0.717) is 4.90 Å². The first kappa shape index (κ1) is 23.3. The van der Waals surface area contributed by atoms with Crippen LogP contribution in [0.2, 0.25) is 0 Å². The summed E-state index contributed by atoms with van der Waals surface area (Å²) >= 11 is 0. The summed E-state index contributed by atoms with van der Waals surface area (Å²) in [6, 6.07) is 4.24. The van der Waals surface area contributed by atoms with E-state index < -0.39 is 30.2 Å². The Labute approximate surface area is 183 Å². The van der Waals surface area contributed by atoms with Crippen LogP contribution in [-0.4, -0.2) is 68.4 Å². The molecule has 0 aliphatic rings. The summed E-state index contributed by atoms with van der Waals surface area (Å²) in [5, 5.41) is 8.97. The highest BCUT2D eigenvalue weighted by Gasteiger charge is 2.43. The number of carboxylic acids is 1. The Kier molecular flexibility index (Phi) is 6.37. The lowest BCUT2D eigenvalue weighted by molar-refractivity contribution is -0.170. The minimum Gasteiger partial charge on any atom is -0.478 e. The van der Waals surface area contributed by atoms with Crippen molar-refractivity contribution in [1.82, 2.24) is 24.8 Å². The number of amides is 1. The van der Waals surface area contributed by atoms with Crippen molar-refractivity contribution in [3.05, 3.63) is 52.1 Å². The number of hydrogen-bond donors (Lipinski definition) is 2. The zero-order chi connectivity index (χ0) is 24.3. The van der Waals surface area contributed by atoms with Crippen LogP contribution in [0.3, 0.4) is 0 Å². The number of nitrogens with one attached hydrogen (secondary N) is 1. The quantitative estimate of drug-likeness (QED) is 0.415. The van der Waals surface area contributed by atoms with E-state index in [1.54, 1.807) is 19.0 Å². The number of alkyl halides is 3. The van der Waals surface area contributed by atoms with Crippen molar-refractivity contribution in [2.24, 2.45) is 4.99 Å². The SMILES string of the molecule is CN(C)/C=N\c1nc2ncc(CN(C(=O)C(F)(F)F)c3ccc(C(=O)O)cc3)nc2c(=O)[nH]1. The first-order valence-corrected chi connectivity index (χ1v) is 9.14. The number of anilines is 1. The second-order valence-electron chi connectivity index (χ2n) is 6.87. The number of hydrogen-bond acceptors (Lipinski definition) is 7. The lowest BCUT2D eigenvalue weighted by Gasteiger charge is -2.23. The summed E-state index contributed by atoms with van der Waals surface area (Å²) in [6.45, 7) is -0.687. The van der Waals surface area contributed by atoms with Gasteiger partial charge in [0.25, 0.3) is 5.56 Å². The number of H-pyrrole nitrogens is 1. The molecule has 2 aromatic heterocycles. The van der Waals surface area contributed by atoms with Crippen LogP contribution in [0.15, 0.2) is 40.2 Å². The predicted molar refractivity (Wildman–Crippen MR) is 110 cm³/mol. The highest BCUT2D eigenvalue weighted by molar-refractivity contribution is 5.97. The number of halogens is 3. The molecule has 0 fully saturated rings. The highest BCUT2D eigenvalue weighted by Crippen LogP contribution is 2.26. The smallest absolute Gasteiger partial charge is 0.471 e. The van der Waals surface area contributed by atoms with Crippen LogP contribution in [0.4, 0.5) is 24.8 Å². The maximum absolute atomic E-state index is 13.2. The van der Waals surface area contributed by atoms with Gasteiger partial charge in [-0.05, 0) is 24.3 Å². The number of benzene rings is 1. The molecule has 0 bridgehead atoms. The van der Waals surface area contributed by atoms with Crippen molar-refractivity contribution in [3.63, 3.8) is 0 Å². The van der Waals surface area contributed by atoms with Crippen molar-refractivity contribution < 1.29 is 27.9 Å². The molecule has 11 nitrogen and oxygen atoms in total. The van der Waals surface area contributed by atoms with Gasteiger partial charge in [-0.15, -0.1) is 0 Å². The molecular weight excluding hydrogens is 447 g/mol. The van der Waals surface area contributed by atoms with Crippen LogP contribution in [0.5, 0.6) is 0 Å². The minimum absolute atomic E-state index is 0.0457. The summed E-state index contributed by atoms with van der Waals surface area (Å²) in [5.41, 5.74) is -1.58. The van der Waals surface area contributed by atoms with Gasteiger partial charge in [-0.2, -0.15) is 18.2 Å². The lowest BCUT2D eigenvalue weighted by atomic mass is 10.2. The topological polar surface area (TPSA) is 145 Å². The van der Waals surface area contributed by atoms with E-state index in [1.165, 1.54) is 6.34 Å². The van der Waals surface area contributed by atoms with Gasteiger partial charge in [0.05, 0.1) is 30.3 Å². The number of aliphatic imine (C=N–C) groups is 1. The molecule has 1 aromatic carbocycles. The number of aromatic amines is 1. The molecular formula is C19H16F3N7O4. The van der Waals surface area contributed by atoms with Crippen LogP contribution in [-0.2, 0) is 11.3 Å². The zero-order valence-corrected chi connectivity index (χ0v) is 17.2. The molecule has 3 rings (SSSR count). The molecule has 0 radical (unpaired) electrons. The molecule has 1 amide bonds. The third-order valence-electron chi connectivity index (χ3n) is 4.10. The average Bonchev–Trinajstić information content (AvgIpc) is 2.75. The number of aromatic nitrogens is 4. The molecule has 2 heterocycles. The first-order chi connectivity index (χ1) is 15.5. The summed E-state index contributed by atoms with van der Waals surface area (Å²) in [5.74, 6) is -3.53. The van der Waals surface area contributed by atoms with Crippen molar-refractivity contribution in [3.8, 4) is 0 Å². The number of aromatic carboxylic acids is 1. The van der Waals surface area contributed by atoms with Crippen LogP contribution in [0, 0.1) is 0 Å². The van der Waals surface area contributed by atoms with E-state index in [0.717, 1.165) is 30.5 Å². The minimum atomic E-state index is -5.21. The largest absolute Gasteiger partial charge is 0.478 e. The fourth-order valence-electron chi connectivity index (χ4n) is 2.63. The lowest BCUT2D eigenvalue weighted by Crippen LogP contribution is -2.41. The zero-order valence-electron chi connectivity index (χ0n) is 17.2. The third kappa shape index (κ3) is 5.47. The molecule has 2 N–H and O–H groups in total. The van der Waals surface area contributed by atoms with E-state index in [2.05, 4.69) is 24.9 Å². The van der Waals surface area contributed by atoms with Crippen LogP contribution >= 0.6 is 0 Å². The third-order valence-corrected chi connectivity index (χ3v) is 4.10. The second-order valence-corrected chi connectivity index (χ2v) is 6.87. The number of carbonyl (C=O) groups is 2. The molecule has 3 aromatic rings. The molecule has 0 saturated heterocycles. The van der Waals surface area contributed by atoms with E-state index in [1.807, 2.05) is 0 Å². The van der Waals surface area contributed by atoms with E-state index >= 15 is 0 Å². The van der Waals surface area contributed by atoms with Gasteiger partial charge in [-0.3, -0.25) is 19.5 Å². The molecule has 0 aliphatic heterocycles. The second kappa shape index (κ2) is 9.02. The molecule has 14 heteroatoms. The van der Waals surface area contributed by atoms with E-state index in [9.17, 15) is 27.6 Å². The average molecular weight is 463 g/mol. The Hall–Kier alpha value is -4.36. The standard InChI is InChI=1S/C19H16F3N7O4/c1-28(2)9-24-18-26-14-13(15(30)27-18)25-11(7-23-14)8-29(17(33)19(20,21)22)12-5-3-10(4-6-12)16(31)32/h3-7,9H,8H2,1-2H3,(H,31,32)(H,23,26,27,30)/b24-9-.